The van der Waals surface area contributed by atoms with Crippen molar-refractivity contribution in [3.63, 3.8) is 0 Å². The van der Waals surface area contributed by atoms with Gasteiger partial charge in [-0.1, -0.05) is 35.9 Å². The van der Waals surface area contributed by atoms with Crippen LogP contribution in [0.15, 0.2) is 67.1 Å². The summed E-state index contributed by atoms with van der Waals surface area (Å²) in [5, 5.41) is 10.8. The van der Waals surface area contributed by atoms with E-state index in [4.69, 9.17) is 11.6 Å². The van der Waals surface area contributed by atoms with Crippen LogP contribution in [0.25, 0.3) is 5.57 Å². The van der Waals surface area contributed by atoms with Crippen LogP contribution in [0.3, 0.4) is 0 Å². The van der Waals surface area contributed by atoms with Gasteiger partial charge in [0.25, 0.3) is 0 Å². The summed E-state index contributed by atoms with van der Waals surface area (Å²) in [6.45, 7) is 0. The summed E-state index contributed by atoms with van der Waals surface area (Å²) in [6, 6.07) is 11.4. The van der Waals surface area contributed by atoms with Gasteiger partial charge in [-0.05, 0) is 29.8 Å². The van der Waals surface area contributed by atoms with Gasteiger partial charge in [0.05, 0.1) is 0 Å². The molecule has 4 heteroatoms. The fraction of sp³-hybridized carbons (Fsp3) is 0.0625. The molecule has 20 heavy (non-hydrogen) atoms. The van der Waals surface area contributed by atoms with E-state index in [0.29, 0.717) is 5.02 Å². The van der Waals surface area contributed by atoms with E-state index in [0.717, 1.165) is 16.8 Å². The van der Waals surface area contributed by atoms with E-state index < -0.39 is 6.23 Å². The van der Waals surface area contributed by atoms with Crippen molar-refractivity contribution in [1.29, 1.82) is 0 Å². The summed E-state index contributed by atoms with van der Waals surface area (Å²) in [7, 11) is 0. The zero-order chi connectivity index (χ0) is 13.9. The fourth-order valence-electron chi connectivity index (χ4n) is 2.15. The number of allylic oxidation sites excluding steroid dienone is 2. The van der Waals surface area contributed by atoms with Crippen molar-refractivity contribution in [3.05, 3.63) is 77.7 Å². The number of pyridine rings is 1. The maximum absolute atomic E-state index is 10.1. The van der Waals surface area contributed by atoms with Gasteiger partial charge in [0.1, 0.15) is 6.23 Å². The molecular weight excluding hydrogens is 272 g/mol. The van der Waals surface area contributed by atoms with Crippen molar-refractivity contribution in [2.75, 3.05) is 4.90 Å². The van der Waals surface area contributed by atoms with Crippen molar-refractivity contribution < 1.29 is 5.11 Å². The summed E-state index contributed by atoms with van der Waals surface area (Å²) >= 11 is 6.22. The Labute approximate surface area is 122 Å². The number of benzene rings is 1. The first-order chi connectivity index (χ1) is 9.75. The molecule has 0 saturated heterocycles. The number of hydrogen-bond donors (Lipinski definition) is 1. The molecule has 1 aromatic carbocycles. The predicted molar refractivity (Wildman–Crippen MR) is 81.3 cm³/mol. The van der Waals surface area contributed by atoms with Crippen molar-refractivity contribution in [3.8, 4) is 0 Å². The number of aliphatic hydroxyl groups is 1. The summed E-state index contributed by atoms with van der Waals surface area (Å²) < 4.78 is 0. The first-order valence-corrected chi connectivity index (χ1v) is 6.65. The molecule has 0 spiro atoms. The van der Waals surface area contributed by atoms with Gasteiger partial charge in [-0.15, -0.1) is 0 Å². The number of halogens is 1. The maximum Gasteiger partial charge on any atom is 0.150 e. The number of hydrogen-bond acceptors (Lipinski definition) is 3. The van der Waals surface area contributed by atoms with Crippen LogP contribution in [-0.2, 0) is 0 Å². The number of aromatic nitrogens is 1. The Morgan fingerprint density at radius 1 is 1.10 bits per heavy atom. The Balaban J connectivity index is 2.01. The molecule has 1 unspecified atom stereocenters. The molecule has 0 fully saturated rings. The van der Waals surface area contributed by atoms with Crippen LogP contribution in [0.1, 0.15) is 5.56 Å². The fourth-order valence-corrected chi connectivity index (χ4v) is 2.39. The molecule has 0 aliphatic carbocycles. The minimum Gasteiger partial charge on any atom is -0.370 e. The van der Waals surface area contributed by atoms with Gasteiger partial charge < -0.3 is 10.0 Å². The molecule has 0 amide bonds. The van der Waals surface area contributed by atoms with E-state index in [1.54, 1.807) is 23.4 Å². The van der Waals surface area contributed by atoms with Crippen LogP contribution in [0.2, 0.25) is 5.02 Å². The maximum atomic E-state index is 10.1. The molecule has 1 aromatic heterocycles. The third-order valence-corrected chi connectivity index (χ3v) is 3.49. The molecule has 0 bridgehead atoms. The second-order valence-electron chi connectivity index (χ2n) is 4.45. The zero-order valence-corrected chi connectivity index (χ0v) is 11.4. The normalized spacial score (nSPS) is 18.0. The summed E-state index contributed by atoms with van der Waals surface area (Å²) in [6.07, 6.45) is 8.21. The first-order valence-electron chi connectivity index (χ1n) is 6.27. The second kappa shape index (κ2) is 5.49. The topological polar surface area (TPSA) is 36.4 Å². The smallest absolute Gasteiger partial charge is 0.150 e. The molecule has 1 aliphatic rings. The van der Waals surface area contributed by atoms with E-state index in [1.807, 2.05) is 48.7 Å². The highest BCUT2D eigenvalue weighted by Gasteiger charge is 2.17. The van der Waals surface area contributed by atoms with E-state index >= 15 is 0 Å². The molecule has 100 valence electrons. The van der Waals surface area contributed by atoms with Crippen molar-refractivity contribution in [1.82, 2.24) is 4.98 Å². The van der Waals surface area contributed by atoms with Gasteiger partial charge in [-0.3, -0.25) is 4.98 Å². The molecule has 2 aromatic rings. The van der Waals surface area contributed by atoms with Gasteiger partial charge in [-0.2, -0.15) is 0 Å². The quantitative estimate of drug-likeness (QED) is 0.917. The minimum atomic E-state index is -0.691. The van der Waals surface area contributed by atoms with Gasteiger partial charge in [-0.25, -0.2) is 0 Å². The van der Waals surface area contributed by atoms with Crippen LogP contribution in [0.4, 0.5) is 5.69 Å². The van der Waals surface area contributed by atoms with Crippen LogP contribution in [0.5, 0.6) is 0 Å². The number of rotatable bonds is 2. The molecular formula is C16H13ClN2O. The summed E-state index contributed by atoms with van der Waals surface area (Å²) in [5.74, 6) is 0. The van der Waals surface area contributed by atoms with Crippen LogP contribution in [-0.4, -0.2) is 16.3 Å². The Morgan fingerprint density at radius 2 is 1.85 bits per heavy atom. The lowest BCUT2D eigenvalue weighted by atomic mass is 10.0. The lowest BCUT2D eigenvalue weighted by Gasteiger charge is -2.28. The Hall–Kier alpha value is -2.10. The van der Waals surface area contributed by atoms with E-state index in [1.165, 1.54) is 0 Å². The standard InChI is InChI=1S/C16H13ClN2O/c17-15-4-2-1-3-14(15)12-5-6-16(20)19(11-12)13-7-9-18-10-8-13/h1-11,16,20H. The molecule has 3 rings (SSSR count). The summed E-state index contributed by atoms with van der Waals surface area (Å²) in [5.41, 5.74) is 2.77. The summed E-state index contributed by atoms with van der Waals surface area (Å²) in [4.78, 5) is 5.77. The van der Waals surface area contributed by atoms with Crippen molar-refractivity contribution in [2.24, 2.45) is 0 Å². The SMILES string of the molecule is OC1C=CC(c2ccccc2Cl)=CN1c1ccncc1. The highest BCUT2D eigenvalue weighted by atomic mass is 35.5. The largest absolute Gasteiger partial charge is 0.370 e. The van der Waals surface area contributed by atoms with Gasteiger partial charge in [0.2, 0.25) is 0 Å². The Bertz CT molecular complexity index is 667. The monoisotopic (exact) mass is 284 g/mol. The molecule has 3 nitrogen and oxygen atoms in total. The van der Waals surface area contributed by atoms with Crippen molar-refractivity contribution >= 4 is 22.9 Å². The zero-order valence-electron chi connectivity index (χ0n) is 10.6. The molecule has 2 heterocycles. The Morgan fingerprint density at radius 3 is 2.60 bits per heavy atom. The highest BCUT2D eigenvalue weighted by molar-refractivity contribution is 6.32. The van der Waals surface area contributed by atoms with Crippen LogP contribution >= 0.6 is 11.6 Å². The van der Waals surface area contributed by atoms with E-state index in [2.05, 4.69) is 4.98 Å². The molecule has 0 saturated carbocycles. The number of aliphatic hydroxyl groups excluding tert-OH is 1. The molecule has 1 N–H and O–H groups in total. The van der Waals surface area contributed by atoms with Crippen LogP contribution < -0.4 is 4.90 Å². The predicted octanol–water partition coefficient (Wildman–Crippen LogP) is 3.47. The highest BCUT2D eigenvalue weighted by Crippen LogP contribution is 2.30. The van der Waals surface area contributed by atoms with Gasteiger partial charge >= 0.3 is 0 Å². The first kappa shape index (κ1) is 12.9. The van der Waals surface area contributed by atoms with Gasteiger partial charge in [0.15, 0.2) is 0 Å². The molecule has 0 radical (unpaired) electrons. The van der Waals surface area contributed by atoms with Gasteiger partial charge in [0, 0.05) is 34.9 Å². The van der Waals surface area contributed by atoms with E-state index in [9.17, 15) is 5.11 Å². The third kappa shape index (κ3) is 2.46. The molecule has 1 atom stereocenters. The van der Waals surface area contributed by atoms with Crippen LogP contribution in [0, 0.1) is 0 Å². The molecule has 1 aliphatic heterocycles. The van der Waals surface area contributed by atoms with E-state index in [-0.39, 0.29) is 0 Å². The minimum absolute atomic E-state index is 0.689. The Kier molecular flexibility index (Phi) is 3.54. The third-order valence-electron chi connectivity index (χ3n) is 3.16. The van der Waals surface area contributed by atoms with Crippen molar-refractivity contribution in [2.45, 2.75) is 6.23 Å². The second-order valence-corrected chi connectivity index (χ2v) is 4.86. The number of anilines is 1. The number of nitrogens with zero attached hydrogens (tertiary/aromatic N) is 2. The lowest BCUT2D eigenvalue weighted by Crippen LogP contribution is -2.30. The average molecular weight is 285 g/mol. The lowest BCUT2D eigenvalue weighted by molar-refractivity contribution is 0.227. The average Bonchev–Trinajstić information content (AvgIpc) is 2.49.